The molecule has 0 saturated heterocycles. The van der Waals surface area contributed by atoms with E-state index in [1.54, 1.807) is 7.11 Å². The number of hydrogen-bond donors (Lipinski definition) is 0. The second-order valence-electron chi connectivity index (χ2n) is 6.84. The highest BCUT2D eigenvalue weighted by Gasteiger charge is 2.21. The van der Waals surface area contributed by atoms with Gasteiger partial charge in [-0.05, 0) is 56.2 Å². The summed E-state index contributed by atoms with van der Waals surface area (Å²) in [5, 5.41) is 0. The predicted molar refractivity (Wildman–Crippen MR) is 104 cm³/mol. The summed E-state index contributed by atoms with van der Waals surface area (Å²) in [4.78, 5) is 0. The van der Waals surface area contributed by atoms with Crippen LogP contribution in [0.2, 0.25) is 0 Å². The maximum absolute atomic E-state index is 5.26. The van der Waals surface area contributed by atoms with Crippen LogP contribution in [0, 0.1) is 34.6 Å². The lowest BCUT2D eigenvalue weighted by atomic mass is 10.0. The van der Waals surface area contributed by atoms with Gasteiger partial charge in [-0.15, -0.1) is 0 Å². The van der Waals surface area contributed by atoms with Gasteiger partial charge in [-0.25, -0.2) is 0 Å². The molecule has 2 nitrogen and oxygen atoms in total. The zero-order valence-electron chi connectivity index (χ0n) is 16.0. The summed E-state index contributed by atoms with van der Waals surface area (Å²) in [6, 6.07) is 17.3. The van der Waals surface area contributed by atoms with Crippen LogP contribution in [0.3, 0.4) is 0 Å². The average molecular weight is 332 g/mol. The molecule has 0 radical (unpaired) electrons. The zero-order chi connectivity index (χ0) is 18.1. The molecule has 1 aromatic heterocycles. The summed E-state index contributed by atoms with van der Waals surface area (Å²) < 4.78 is 7.62. The molecule has 0 aliphatic carbocycles. The van der Waals surface area contributed by atoms with Gasteiger partial charge in [0.25, 0.3) is 0 Å². The van der Waals surface area contributed by atoms with E-state index in [9.17, 15) is 0 Å². The highest BCUT2D eigenvalue weighted by molar-refractivity contribution is 5.64. The molecule has 3 aromatic rings. The van der Waals surface area contributed by atoms with Crippen LogP contribution >= 0.6 is 0 Å². The largest absolute Gasteiger partial charge is 0.497 e. The fourth-order valence-corrected chi connectivity index (χ4v) is 3.73. The molecule has 2 aromatic carbocycles. The van der Waals surface area contributed by atoms with Gasteiger partial charge in [0.2, 0.25) is 5.69 Å². The number of aryl methyl sites for hydroxylation is 5. The van der Waals surface area contributed by atoms with E-state index in [0.717, 1.165) is 5.75 Å². The van der Waals surface area contributed by atoms with Crippen LogP contribution in [0.4, 0.5) is 0 Å². The van der Waals surface area contributed by atoms with E-state index in [1.165, 1.54) is 44.9 Å². The Bertz CT molecular complexity index is 877. The van der Waals surface area contributed by atoms with Crippen LogP contribution in [0.25, 0.3) is 16.8 Å². The van der Waals surface area contributed by atoms with Gasteiger partial charge in [-0.3, -0.25) is 0 Å². The van der Waals surface area contributed by atoms with Crippen molar-refractivity contribution < 1.29 is 9.30 Å². The number of ether oxygens (including phenoxy) is 1. The fraction of sp³-hybridized carbons (Fsp3) is 0.261. The zero-order valence-corrected chi connectivity index (χ0v) is 16.0. The molecule has 0 aliphatic heterocycles. The number of aromatic nitrogens is 1. The third-order valence-corrected chi connectivity index (χ3v) is 4.72. The molecular weight excluding hydrogens is 306 g/mol. The van der Waals surface area contributed by atoms with Crippen molar-refractivity contribution in [2.24, 2.45) is 0 Å². The van der Waals surface area contributed by atoms with Crippen molar-refractivity contribution in [3.05, 3.63) is 76.6 Å². The molecular formula is C23H26NO+. The van der Waals surface area contributed by atoms with Crippen LogP contribution in [0.1, 0.15) is 28.1 Å². The topological polar surface area (TPSA) is 13.1 Å². The predicted octanol–water partition coefficient (Wildman–Crippen LogP) is 5.18. The Hall–Kier alpha value is -2.61. The lowest BCUT2D eigenvalue weighted by Crippen LogP contribution is -2.39. The highest BCUT2D eigenvalue weighted by atomic mass is 16.5. The van der Waals surface area contributed by atoms with E-state index in [2.05, 4.69) is 75.6 Å². The Morgan fingerprint density at radius 3 is 1.68 bits per heavy atom. The van der Waals surface area contributed by atoms with Crippen molar-refractivity contribution in [2.75, 3.05) is 7.11 Å². The summed E-state index contributed by atoms with van der Waals surface area (Å²) >= 11 is 0. The molecule has 0 N–H and O–H groups in total. The second kappa shape index (κ2) is 6.72. The third-order valence-electron chi connectivity index (χ3n) is 4.72. The number of rotatable bonds is 3. The molecule has 0 amide bonds. The molecule has 128 valence electrons. The first-order chi connectivity index (χ1) is 11.9. The molecule has 1 heterocycles. The van der Waals surface area contributed by atoms with E-state index < -0.39 is 0 Å². The molecule has 0 bridgehead atoms. The van der Waals surface area contributed by atoms with Gasteiger partial charge in [0, 0.05) is 37.1 Å². The maximum atomic E-state index is 5.26. The Kier molecular flexibility index (Phi) is 4.63. The van der Waals surface area contributed by atoms with Crippen molar-refractivity contribution in [3.8, 4) is 22.6 Å². The van der Waals surface area contributed by atoms with Crippen LogP contribution in [-0.4, -0.2) is 7.11 Å². The fourth-order valence-electron chi connectivity index (χ4n) is 3.73. The summed E-state index contributed by atoms with van der Waals surface area (Å²) in [6.07, 6.45) is 0. The van der Waals surface area contributed by atoms with Crippen LogP contribution in [-0.2, 0) is 0 Å². The smallest absolute Gasteiger partial charge is 0.216 e. The number of methoxy groups -OCH3 is 1. The molecule has 0 saturated carbocycles. The normalized spacial score (nSPS) is 10.8. The van der Waals surface area contributed by atoms with Crippen molar-refractivity contribution in [1.82, 2.24) is 0 Å². The van der Waals surface area contributed by atoms with E-state index in [0.29, 0.717) is 0 Å². The average Bonchev–Trinajstić information content (AvgIpc) is 2.56. The minimum Gasteiger partial charge on any atom is -0.497 e. The van der Waals surface area contributed by atoms with Gasteiger partial charge < -0.3 is 4.74 Å². The van der Waals surface area contributed by atoms with Crippen LogP contribution in [0.15, 0.2) is 48.5 Å². The first kappa shape index (κ1) is 17.2. The first-order valence-electron chi connectivity index (χ1n) is 8.66. The van der Waals surface area contributed by atoms with Crippen molar-refractivity contribution in [3.63, 3.8) is 0 Å². The standard InChI is InChI=1S/C23H26NO/c1-15-11-16(2)23(17(3)12-15)24-18(4)13-21(14-19(24)5)20-7-9-22(25-6)10-8-20/h7-14H,1-6H3/q+1. The summed E-state index contributed by atoms with van der Waals surface area (Å²) in [6.45, 7) is 10.9. The Balaban J connectivity index is 2.13. The lowest BCUT2D eigenvalue weighted by Gasteiger charge is -2.12. The Labute approximate surface area is 150 Å². The van der Waals surface area contributed by atoms with E-state index in [1.807, 2.05) is 12.1 Å². The van der Waals surface area contributed by atoms with Gasteiger partial charge in [0.05, 0.1) is 7.11 Å². The second-order valence-corrected chi connectivity index (χ2v) is 6.84. The van der Waals surface area contributed by atoms with Crippen LogP contribution in [0.5, 0.6) is 5.75 Å². The van der Waals surface area contributed by atoms with E-state index in [-0.39, 0.29) is 0 Å². The van der Waals surface area contributed by atoms with Crippen molar-refractivity contribution in [2.45, 2.75) is 34.6 Å². The quantitative estimate of drug-likeness (QED) is 0.602. The van der Waals surface area contributed by atoms with Gasteiger partial charge in [-0.2, -0.15) is 4.57 Å². The summed E-state index contributed by atoms with van der Waals surface area (Å²) in [5.74, 6) is 0.883. The number of hydrogen-bond acceptors (Lipinski definition) is 1. The SMILES string of the molecule is COc1ccc(-c2cc(C)[n+](-c3c(C)cc(C)cc3C)c(C)c2)cc1. The van der Waals surface area contributed by atoms with Gasteiger partial charge in [0.15, 0.2) is 11.4 Å². The molecule has 0 spiro atoms. The summed E-state index contributed by atoms with van der Waals surface area (Å²) in [5.41, 5.74) is 10.1. The minimum absolute atomic E-state index is 0.883. The van der Waals surface area contributed by atoms with E-state index in [4.69, 9.17) is 4.74 Å². The molecule has 0 fully saturated rings. The third kappa shape index (κ3) is 3.30. The molecule has 0 unspecified atom stereocenters. The summed E-state index contributed by atoms with van der Waals surface area (Å²) in [7, 11) is 1.70. The minimum atomic E-state index is 0.883. The number of pyridine rings is 1. The Morgan fingerprint density at radius 2 is 1.20 bits per heavy atom. The lowest BCUT2D eigenvalue weighted by molar-refractivity contribution is -0.610. The first-order valence-corrected chi connectivity index (χ1v) is 8.66. The molecule has 0 aliphatic rings. The van der Waals surface area contributed by atoms with Crippen LogP contribution < -0.4 is 9.30 Å². The van der Waals surface area contributed by atoms with Crippen molar-refractivity contribution >= 4 is 0 Å². The van der Waals surface area contributed by atoms with Gasteiger partial charge in [-0.1, -0.05) is 17.7 Å². The monoisotopic (exact) mass is 332 g/mol. The number of benzene rings is 2. The van der Waals surface area contributed by atoms with Gasteiger partial charge in [0.1, 0.15) is 5.75 Å². The maximum Gasteiger partial charge on any atom is 0.216 e. The molecule has 0 atom stereocenters. The molecule has 25 heavy (non-hydrogen) atoms. The number of nitrogens with zero attached hydrogens (tertiary/aromatic N) is 1. The van der Waals surface area contributed by atoms with Gasteiger partial charge >= 0.3 is 0 Å². The molecule has 3 rings (SSSR count). The Morgan fingerprint density at radius 1 is 0.680 bits per heavy atom. The van der Waals surface area contributed by atoms with Crippen molar-refractivity contribution in [1.29, 1.82) is 0 Å². The highest BCUT2D eigenvalue weighted by Crippen LogP contribution is 2.25. The van der Waals surface area contributed by atoms with E-state index >= 15 is 0 Å². The molecule has 2 heteroatoms.